The molecule has 4 N–H and O–H groups in total. The molecule has 0 radical (unpaired) electrons. The van der Waals surface area contributed by atoms with E-state index in [9.17, 15) is 9.59 Å². The maximum absolute atomic E-state index is 12.3. The number of fused-ring (bicyclic) bond motifs is 1. The van der Waals surface area contributed by atoms with Crippen LogP contribution in [0.4, 0.5) is 0 Å². The maximum atomic E-state index is 12.3. The van der Waals surface area contributed by atoms with Crippen molar-refractivity contribution in [3.8, 4) is 0 Å². The molecular weight excluding hydrogens is 336 g/mol. The zero-order chi connectivity index (χ0) is 18.4. The normalized spacial score (nSPS) is 12.4. The van der Waals surface area contributed by atoms with Crippen molar-refractivity contribution in [3.05, 3.63) is 28.8 Å². The molecule has 0 fully saturated rings. The summed E-state index contributed by atoms with van der Waals surface area (Å²) in [6.07, 6.45) is 0.705. The topological polar surface area (TPSA) is 97.1 Å². The second kappa shape index (κ2) is 8.92. The summed E-state index contributed by atoms with van der Waals surface area (Å²) >= 11 is 1.57. The fourth-order valence-corrected chi connectivity index (χ4v) is 3.50. The van der Waals surface area contributed by atoms with Gasteiger partial charge >= 0.3 is 0 Å². The highest BCUT2D eigenvalue weighted by Crippen LogP contribution is 2.27. The van der Waals surface area contributed by atoms with Gasteiger partial charge in [-0.05, 0) is 23.6 Å². The van der Waals surface area contributed by atoms with Crippen molar-refractivity contribution in [2.45, 2.75) is 45.6 Å². The molecule has 0 saturated carbocycles. The minimum atomic E-state index is -0.635. The van der Waals surface area contributed by atoms with Crippen LogP contribution in [0, 0.1) is 0 Å². The van der Waals surface area contributed by atoms with Crippen LogP contribution in [0.1, 0.15) is 43.7 Å². The highest BCUT2D eigenvalue weighted by atomic mass is 32.1. The molecular formula is C18H26N4O2S. The van der Waals surface area contributed by atoms with Crippen molar-refractivity contribution in [2.75, 3.05) is 13.1 Å². The number of nitrogens with zero attached hydrogens (tertiary/aromatic N) is 1. The van der Waals surface area contributed by atoms with Crippen LogP contribution in [0.2, 0.25) is 0 Å². The van der Waals surface area contributed by atoms with Crippen LogP contribution in [0.25, 0.3) is 10.2 Å². The molecule has 0 spiro atoms. The van der Waals surface area contributed by atoms with E-state index in [-0.39, 0.29) is 11.8 Å². The Morgan fingerprint density at radius 1 is 1.32 bits per heavy atom. The minimum Gasteiger partial charge on any atom is -0.353 e. The summed E-state index contributed by atoms with van der Waals surface area (Å²) in [4.78, 5) is 28.7. The number of aromatic nitrogens is 1. The van der Waals surface area contributed by atoms with Gasteiger partial charge in [-0.1, -0.05) is 26.8 Å². The lowest BCUT2D eigenvalue weighted by molar-refractivity contribution is -0.128. The third kappa shape index (κ3) is 5.24. The Labute approximate surface area is 152 Å². The van der Waals surface area contributed by atoms with Crippen molar-refractivity contribution < 1.29 is 9.59 Å². The number of nitrogens with two attached hydrogens (primary N) is 1. The number of carbonyl (C=O) groups excluding carboxylic acids is 2. The Balaban J connectivity index is 2.20. The molecule has 2 aromatic rings. The molecule has 0 bridgehead atoms. The van der Waals surface area contributed by atoms with E-state index in [1.54, 1.807) is 18.3 Å². The summed E-state index contributed by atoms with van der Waals surface area (Å²) in [5, 5.41) is 6.34. The first kappa shape index (κ1) is 19.3. The summed E-state index contributed by atoms with van der Waals surface area (Å²) in [6.45, 7) is 6.81. The van der Waals surface area contributed by atoms with Crippen molar-refractivity contribution in [2.24, 2.45) is 5.73 Å². The van der Waals surface area contributed by atoms with Crippen molar-refractivity contribution in [1.29, 1.82) is 0 Å². The van der Waals surface area contributed by atoms with Crippen LogP contribution in [-0.2, 0) is 16.0 Å². The fourth-order valence-electron chi connectivity index (χ4n) is 2.43. The van der Waals surface area contributed by atoms with Crippen molar-refractivity contribution in [1.82, 2.24) is 15.6 Å². The number of hydrogen-bond acceptors (Lipinski definition) is 5. The SMILES string of the molecule is CCC(=O)NC(Cc1nc2ccc(C(C)C)cc2s1)C(=O)NCCN. The van der Waals surface area contributed by atoms with Crippen LogP contribution in [-0.4, -0.2) is 35.9 Å². The van der Waals surface area contributed by atoms with E-state index in [4.69, 9.17) is 5.73 Å². The molecule has 2 amide bonds. The van der Waals surface area contributed by atoms with E-state index >= 15 is 0 Å². The third-order valence-corrected chi connectivity index (χ3v) is 4.96. The van der Waals surface area contributed by atoms with Crippen molar-refractivity contribution in [3.63, 3.8) is 0 Å². The van der Waals surface area contributed by atoms with E-state index < -0.39 is 6.04 Å². The molecule has 1 atom stereocenters. The molecule has 25 heavy (non-hydrogen) atoms. The molecule has 6 nitrogen and oxygen atoms in total. The molecule has 136 valence electrons. The number of hydrogen-bond donors (Lipinski definition) is 3. The number of benzene rings is 1. The Morgan fingerprint density at radius 3 is 2.72 bits per heavy atom. The molecule has 1 unspecified atom stereocenters. The Morgan fingerprint density at radius 2 is 2.08 bits per heavy atom. The van der Waals surface area contributed by atoms with Gasteiger partial charge in [0.25, 0.3) is 0 Å². The van der Waals surface area contributed by atoms with E-state index in [2.05, 4.69) is 41.6 Å². The van der Waals surface area contributed by atoms with Gasteiger partial charge in [0.2, 0.25) is 11.8 Å². The lowest BCUT2D eigenvalue weighted by Gasteiger charge is -2.16. The Hall–Kier alpha value is -1.99. The zero-order valence-electron chi connectivity index (χ0n) is 15.0. The Kier molecular flexibility index (Phi) is 6.90. The summed E-state index contributed by atoms with van der Waals surface area (Å²) in [5.74, 6) is 0.0686. The van der Waals surface area contributed by atoms with Crippen molar-refractivity contribution >= 4 is 33.4 Å². The average Bonchev–Trinajstić information content (AvgIpc) is 3.00. The first-order valence-corrected chi connectivity index (χ1v) is 9.42. The van der Waals surface area contributed by atoms with Gasteiger partial charge < -0.3 is 16.4 Å². The molecule has 1 heterocycles. The largest absolute Gasteiger partial charge is 0.353 e. The van der Waals surface area contributed by atoms with Crippen LogP contribution < -0.4 is 16.4 Å². The quantitative estimate of drug-likeness (QED) is 0.668. The number of thiazole rings is 1. The van der Waals surface area contributed by atoms with Crippen LogP contribution in [0.15, 0.2) is 18.2 Å². The molecule has 1 aromatic carbocycles. The van der Waals surface area contributed by atoms with Gasteiger partial charge in [-0.25, -0.2) is 4.98 Å². The standard InChI is InChI=1S/C18H26N4O2S/c1-4-16(23)21-14(18(24)20-8-7-19)10-17-22-13-6-5-12(11(2)3)9-15(13)25-17/h5-6,9,11,14H,4,7-8,10,19H2,1-3H3,(H,20,24)(H,21,23). The summed E-state index contributed by atoms with van der Waals surface area (Å²) in [6, 6.07) is 5.61. The Bertz CT molecular complexity index is 742. The third-order valence-electron chi connectivity index (χ3n) is 3.92. The number of amides is 2. The molecule has 0 aliphatic rings. The highest BCUT2D eigenvalue weighted by molar-refractivity contribution is 7.18. The van der Waals surface area contributed by atoms with Crippen LogP contribution in [0.3, 0.4) is 0 Å². The van der Waals surface area contributed by atoms with Gasteiger partial charge in [0.05, 0.1) is 15.2 Å². The van der Waals surface area contributed by atoms with E-state index in [0.717, 1.165) is 15.2 Å². The first-order chi connectivity index (χ1) is 11.9. The molecule has 7 heteroatoms. The van der Waals surface area contributed by atoms with Gasteiger partial charge in [0, 0.05) is 25.9 Å². The molecule has 0 saturated heterocycles. The minimum absolute atomic E-state index is 0.156. The number of nitrogens with one attached hydrogen (secondary N) is 2. The van der Waals surface area contributed by atoms with E-state index in [1.165, 1.54) is 5.56 Å². The maximum Gasteiger partial charge on any atom is 0.243 e. The number of rotatable bonds is 8. The van der Waals surface area contributed by atoms with Gasteiger partial charge in [-0.2, -0.15) is 0 Å². The molecule has 2 rings (SSSR count). The highest BCUT2D eigenvalue weighted by Gasteiger charge is 2.22. The lowest BCUT2D eigenvalue weighted by atomic mass is 10.0. The van der Waals surface area contributed by atoms with Gasteiger partial charge in [-0.15, -0.1) is 11.3 Å². The van der Waals surface area contributed by atoms with Gasteiger partial charge in [0.1, 0.15) is 6.04 Å². The molecule has 0 aliphatic carbocycles. The van der Waals surface area contributed by atoms with E-state index in [0.29, 0.717) is 31.8 Å². The van der Waals surface area contributed by atoms with Gasteiger partial charge in [-0.3, -0.25) is 9.59 Å². The second-order valence-electron chi connectivity index (χ2n) is 6.25. The predicted molar refractivity (Wildman–Crippen MR) is 102 cm³/mol. The predicted octanol–water partition coefficient (Wildman–Crippen LogP) is 1.93. The monoisotopic (exact) mass is 362 g/mol. The zero-order valence-corrected chi connectivity index (χ0v) is 15.8. The van der Waals surface area contributed by atoms with Crippen LogP contribution >= 0.6 is 11.3 Å². The first-order valence-electron chi connectivity index (χ1n) is 8.61. The lowest BCUT2D eigenvalue weighted by Crippen LogP contribution is -2.48. The summed E-state index contributed by atoms with van der Waals surface area (Å²) in [7, 11) is 0. The number of carbonyl (C=O) groups is 2. The average molecular weight is 362 g/mol. The second-order valence-corrected chi connectivity index (χ2v) is 7.36. The van der Waals surface area contributed by atoms with E-state index in [1.807, 2.05) is 6.07 Å². The molecule has 1 aromatic heterocycles. The summed E-state index contributed by atoms with van der Waals surface area (Å²) < 4.78 is 1.10. The fraction of sp³-hybridized carbons (Fsp3) is 0.500. The van der Waals surface area contributed by atoms with Gasteiger partial charge in [0.15, 0.2) is 0 Å². The smallest absolute Gasteiger partial charge is 0.243 e. The summed E-state index contributed by atoms with van der Waals surface area (Å²) in [5.41, 5.74) is 7.62. The van der Waals surface area contributed by atoms with Crippen LogP contribution in [0.5, 0.6) is 0 Å². The molecule has 0 aliphatic heterocycles.